The van der Waals surface area contributed by atoms with Gasteiger partial charge in [-0.3, -0.25) is 0 Å². The standard InChI is InChI=1S/C13H14N2O3/c1-8-3-4-10(13(17)18-2)12(16)11(8)5-9-6-14-7-15-9/h3-4,6-7,16H,5H2,1-2H3,(H,14,15). The third-order valence-electron chi connectivity index (χ3n) is 2.84. The molecule has 5 nitrogen and oxygen atoms in total. The van der Waals surface area contributed by atoms with Crippen molar-refractivity contribution in [2.75, 3.05) is 7.11 Å². The van der Waals surface area contributed by atoms with Gasteiger partial charge in [0.25, 0.3) is 0 Å². The molecule has 0 bridgehead atoms. The van der Waals surface area contributed by atoms with Crippen molar-refractivity contribution >= 4 is 5.97 Å². The van der Waals surface area contributed by atoms with Gasteiger partial charge in [-0.2, -0.15) is 0 Å². The Morgan fingerprint density at radius 2 is 2.28 bits per heavy atom. The summed E-state index contributed by atoms with van der Waals surface area (Å²) in [6.07, 6.45) is 3.79. The molecule has 18 heavy (non-hydrogen) atoms. The number of aromatic amines is 1. The molecule has 0 aliphatic rings. The summed E-state index contributed by atoms with van der Waals surface area (Å²) in [5.74, 6) is -0.583. The van der Waals surface area contributed by atoms with Crippen molar-refractivity contribution in [2.45, 2.75) is 13.3 Å². The van der Waals surface area contributed by atoms with Gasteiger partial charge < -0.3 is 14.8 Å². The Kier molecular flexibility index (Phi) is 3.32. The van der Waals surface area contributed by atoms with Crippen LogP contribution < -0.4 is 0 Å². The number of rotatable bonds is 3. The lowest BCUT2D eigenvalue weighted by atomic mass is 9.99. The van der Waals surface area contributed by atoms with Crippen LogP contribution in [0.25, 0.3) is 0 Å². The highest BCUT2D eigenvalue weighted by atomic mass is 16.5. The topological polar surface area (TPSA) is 75.2 Å². The Hall–Kier alpha value is -2.30. The van der Waals surface area contributed by atoms with E-state index in [4.69, 9.17) is 0 Å². The first kappa shape index (κ1) is 12.2. The SMILES string of the molecule is COC(=O)c1ccc(C)c(Cc2c[nH]cn2)c1O. The van der Waals surface area contributed by atoms with Crippen molar-refractivity contribution in [2.24, 2.45) is 0 Å². The Morgan fingerprint density at radius 1 is 1.50 bits per heavy atom. The Balaban J connectivity index is 2.42. The van der Waals surface area contributed by atoms with E-state index >= 15 is 0 Å². The van der Waals surface area contributed by atoms with Crippen molar-refractivity contribution in [1.29, 1.82) is 0 Å². The van der Waals surface area contributed by atoms with Crippen LogP contribution in [0.3, 0.4) is 0 Å². The number of ether oxygens (including phenoxy) is 1. The molecule has 94 valence electrons. The number of carbonyl (C=O) groups excluding carboxylic acids is 1. The fourth-order valence-electron chi connectivity index (χ4n) is 1.80. The van der Waals surface area contributed by atoms with Gasteiger partial charge >= 0.3 is 5.97 Å². The van der Waals surface area contributed by atoms with Crippen LogP contribution in [-0.2, 0) is 11.2 Å². The summed E-state index contributed by atoms with van der Waals surface area (Å²) in [6, 6.07) is 3.35. The average molecular weight is 246 g/mol. The lowest BCUT2D eigenvalue weighted by Gasteiger charge is -2.10. The highest BCUT2D eigenvalue weighted by Gasteiger charge is 2.17. The number of aryl methyl sites for hydroxylation is 1. The normalized spacial score (nSPS) is 10.3. The Labute approximate surface area is 104 Å². The maximum Gasteiger partial charge on any atom is 0.341 e. The summed E-state index contributed by atoms with van der Waals surface area (Å²) in [6.45, 7) is 1.88. The second kappa shape index (κ2) is 4.91. The van der Waals surface area contributed by atoms with Crippen molar-refractivity contribution in [3.8, 4) is 5.75 Å². The van der Waals surface area contributed by atoms with Crippen LogP contribution in [0.5, 0.6) is 5.75 Å². The molecule has 1 aromatic heterocycles. The molecular formula is C13H14N2O3. The summed E-state index contributed by atoms with van der Waals surface area (Å²) in [4.78, 5) is 18.5. The van der Waals surface area contributed by atoms with E-state index in [1.54, 1.807) is 24.7 Å². The molecule has 0 aliphatic heterocycles. The Bertz CT molecular complexity index is 562. The predicted octanol–water partition coefficient (Wildman–Crippen LogP) is 1.80. The molecule has 0 atom stereocenters. The van der Waals surface area contributed by atoms with E-state index in [9.17, 15) is 9.90 Å². The first-order valence-corrected chi connectivity index (χ1v) is 5.51. The van der Waals surface area contributed by atoms with E-state index in [1.165, 1.54) is 7.11 Å². The van der Waals surface area contributed by atoms with Gasteiger partial charge in [0.15, 0.2) is 0 Å². The molecule has 2 rings (SSSR count). The predicted molar refractivity (Wildman–Crippen MR) is 65.6 cm³/mol. The molecule has 5 heteroatoms. The van der Waals surface area contributed by atoms with Crippen molar-refractivity contribution in [1.82, 2.24) is 9.97 Å². The summed E-state index contributed by atoms with van der Waals surface area (Å²) in [5.41, 5.74) is 2.57. The van der Waals surface area contributed by atoms with E-state index in [-0.39, 0.29) is 11.3 Å². The molecule has 0 radical (unpaired) electrons. The van der Waals surface area contributed by atoms with Gasteiger partial charge in [0, 0.05) is 18.2 Å². The van der Waals surface area contributed by atoms with Crippen LogP contribution in [-0.4, -0.2) is 28.2 Å². The molecule has 0 spiro atoms. The van der Waals surface area contributed by atoms with Gasteiger partial charge in [-0.1, -0.05) is 6.07 Å². The number of benzene rings is 1. The van der Waals surface area contributed by atoms with Crippen LogP contribution in [0.15, 0.2) is 24.7 Å². The molecular weight excluding hydrogens is 232 g/mol. The lowest BCUT2D eigenvalue weighted by Crippen LogP contribution is -2.04. The molecule has 0 aliphatic carbocycles. The summed E-state index contributed by atoms with van der Waals surface area (Å²) in [7, 11) is 1.29. The number of phenols is 1. The summed E-state index contributed by atoms with van der Waals surface area (Å²) >= 11 is 0. The first-order chi connectivity index (χ1) is 8.63. The number of aromatic nitrogens is 2. The number of methoxy groups -OCH3 is 1. The van der Waals surface area contributed by atoms with Crippen LogP contribution in [0, 0.1) is 6.92 Å². The number of nitrogens with one attached hydrogen (secondary N) is 1. The summed E-state index contributed by atoms with van der Waals surface area (Å²) in [5, 5.41) is 10.1. The number of phenolic OH excluding ortho intramolecular Hbond substituents is 1. The zero-order valence-electron chi connectivity index (χ0n) is 10.2. The molecule has 2 aromatic rings. The minimum Gasteiger partial charge on any atom is -0.507 e. The van der Waals surface area contributed by atoms with Gasteiger partial charge in [0.05, 0.1) is 19.1 Å². The van der Waals surface area contributed by atoms with Crippen molar-refractivity contribution in [3.63, 3.8) is 0 Å². The van der Waals surface area contributed by atoms with Crippen LogP contribution in [0.2, 0.25) is 0 Å². The van der Waals surface area contributed by atoms with E-state index < -0.39 is 5.97 Å². The largest absolute Gasteiger partial charge is 0.507 e. The van der Waals surface area contributed by atoms with Crippen molar-refractivity contribution in [3.05, 3.63) is 47.0 Å². The van der Waals surface area contributed by atoms with Crippen LogP contribution >= 0.6 is 0 Å². The van der Waals surface area contributed by atoms with E-state index in [2.05, 4.69) is 14.7 Å². The molecule has 0 saturated carbocycles. The summed E-state index contributed by atoms with van der Waals surface area (Å²) < 4.78 is 4.63. The minimum atomic E-state index is -0.546. The van der Waals surface area contributed by atoms with E-state index in [0.717, 1.165) is 11.3 Å². The monoisotopic (exact) mass is 246 g/mol. The number of hydrogen-bond acceptors (Lipinski definition) is 4. The van der Waals surface area contributed by atoms with E-state index in [0.29, 0.717) is 12.0 Å². The van der Waals surface area contributed by atoms with Gasteiger partial charge in [0.1, 0.15) is 11.3 Å². The Morgan fingerprint density at radius 3 is 2.89 bits per heavy atom. The van der Waals surface area contributed by atoms with Crippen molar-refractivity contribution < 1.29 is 14.6 Å². The second-order valence-corrected chi connectivity index (χ2v) is 3.99. The zero-order valence-corrected chi connectivity index (χ0v) is 10.2. The fraction of sp³-hybridized carbons (Fsp3) is 0.231. The highest BCUT2D eigenvalue weighted by Crippen LogP contribution is 2.28. The third-order valence-corrected chi connectivity index (χ3v) is 2.84. The van der Waals surface area contributed by atoms with Gasteiger partial charge in [0.2, 0.25) is 0 Å². The quantitative estimate of drug-likeness (QED) is 0.810. The minimum absolute atomic E-state index is 0.0372. The number of esters is 1. The van der Waals surface area contributed by atoms with Gasteiger partial charge in [-0.05, 0) is 18.6 Å². The third kappa shape index (κ3) is 2.20. The lowest BCUT2D eigenvalue weighted by molar-refractivity contribution is 0.0597. The molecule has 0 saturated heterocycles. The van der Waals surface area contributed by atoms with Gasteiger partial charge in [-0.15, -0.1) is 0 Å². The van der Waals surface area contributed by atoms with Crippen LogP contribution in [0.1, 0.15) is 27.2 Å². The second-order valence-electron chi connectivity index (χ2n) is 3.99. The average Bonchev–Trinajstić information content (AvgIpc) is 2.86. The maximum absolute atomic E-state index is 11.5. The molecule has 0 fully saturated rings. The highest BCUT2D eigenvalue weighted by molar-refractivity contribution is 5.93. The first-order valence-electron chi connectivity index (χ1n) is 5.51. The maximum atomic E-state index is 11.5. The molecule has 0 amide bonds. The number of hydrogen-bond donors (Lipinski definition) is 2. The molecule has 1 aromatic carbocycles. The number of H-pyrrole nitrogens is 1. The molecule has 1 heterocycles. The molecule has 0 unspecified atom stereocenters. The smallest absolute Gasteiger partial charge is 0.341 e. The zero-order chi connectivity index (χ0) is 13.1. The fourth-order valence-corrected chi connectivity index (χ4v) is 1.80. The molecule has 2 N–H and O–H groups in total. The number of imidazole rings is 1. The van der Waals surface area contributed by atoms with Gasteiger partial charge in [-0.25, -0.2) is 9.78 Å². The number of carbonyl (C=O) groups is 1. The van der Waals surface area contributed by atoms with Crippen LogP contribution in [0.4, 0.5) is 0 Å². The van der Waals surface area contributed by atoms with E-state index in [1.807, 2.05) is 6.92 Å². The number of nitrogens with zero attached hydrogens (tertiary/aromatic N) is 1. The number of aromatic hydroxyl groups is 1.